The number of carbonyl (C=O) groups excluding carboxylic acids is 1. The van der Waals surface area contributed by atoms with Crippen LogP contribution in [0.1, 0.15) is 11.1 Å². The molecule has 0 atom stereocenters. The molecule has 1 fully saturated rings. The molecule has 1 saturated heterocycles. The van der Waals surface area contributed by atoms with E-state index < -0.39 is 28.5 Å². The van der Waals surface area contributed by atoms with Gasteiger partial charge >= 0.3 is 10.2 Å². The quantitative estimate of drug-likeness (QED) is 0.610. The van der Waals surface area contributed by atoms with E-state index in [1.807, 2.05) is 24.3 Å². The number of nitrogens with one attached hydrogen (secondary N) is 1. The summed E-state index contributed by atoms with van der Waals surface area (Å²) in [4.78, 5) is 14.9. The largest absolute Gasteiger partial charge is 0.379 e. The van der Waals surface area contributed by atoms with Crippen LogP contribution in [-0.2, 0) is 32.8 Å². The van der Waals surface area contributed by atoms with Crippen LogP contribution >= 0.6 is 0 Å². The first-order chi connectivity index (χ1) is 15.3. The molecule has 0 aromatic heterocycles. The van der Waals surface area contributed by atoms with Gasteiger partial charge in [-0.15, -0.1) is 0 Å². The van der Waals surface area contributed by atoms with Gasteiger partial charge in [-0.1, -0.05) is 24.3 Å². The minimum absolute atomic E-state index is 0.211. The molecule has 0 aliphatic carbocycles. The van der Waals surface area contributed by atoms with Crippen molar-refractivity contribution in [1.82, 2.24) is 14.5 Å². The van der Waals surface area contributed by atoms with E-state index in [2.05, 4.69) is 10.2 Å². The molecule has 32 heavy (non-hydrogen) atoms. The van der Waals surface area contributed by atoms with Gasteiger partial charge in [0.2, 0.25) is 5.91 Å². The average Bonchev–Trinajstić information content (AvgIpc) is 2.77. The lowest BCUT2D eigenvalue weighted by atomic mass is 10.1. The summed E-state index contributed by atoms with van der Waals surface area (Å²) in [6, 6.07) is 12.9. The van der Waals surface area contributed by atoms with Crippen LogP contribution in [0.4, 0.5) is 10.1 Å². The summed E-state index contributed by atoms with van der Waals surface area (Å²) in [7, 11) is -1.18. The van der Waals surface area contributed by atoms with Gasteiger partial charge in [0.25, 0.3) is 0 Å². The Morgan fingerprint density at radius 3 is 2.41 bits per heavy atom. The van der Waals surface area contributed by atoms with Crippen molar-refractivity contribution < 1.29 is 22.3 Å². The van der Waals surface area contributed by atoms with E-state index in [-0.39, 0.29) is 12.2 Å². The van der Waals surface area contributed by atoms with E-state index >= 15 is 0 Å². The number of rotatable bonds is 9. The Bertz CT molecular complexity index is 1010. The number of ether oxygens (including phenoxy) is 1. The van der Waals surface area contributed by atoms with Crippen molar-refractivity contribution in [2.24, 2.45) is 0 Å². The summed E-state index contributed by atoms with van der Waals surface area (Å²) < 4.78 is 46.1. The van der Waals surface area contributed by atoms with Crippen LogP contribution in [0.25, 0.3) is 0 Å². The third kappa shape index (κ3) is 6.49. The monoisotopic (exact) mass is 464 g/mol. The highest BCUT2D eigenvalue weighted by atomic mass is 32.2. The maximum Gasteiger partial charge on any atom is 0.304 e. The summed E-state index contributed by atoms with van der Waals surface area (Å²) in [6.45, 7) is 3.91. The maximum absolute atomic E-state index is 13.3. The molecule has 174 valence electrons. The highest BCUT2D eigenvalue weighted by Crippen LogP contribution is 2.19. The normalized spacial score (nSPS) is 15.0. The lowest BCUT2D eigenvalue weighted by Gasteiger charge is -2.27. The molecular formula is C22H29FN4O4S. The van der Waals surface area contributed by atoms with Gasteiger partial charge in [-0.25, -0.2) is 8.70 Å². The number of nitrogens with zero attached hydrogens (tertiary/aromatic N) is 3. The molecule has 1 N–H and O–H groups in total. The fourth-order valence-electron chi connectivity index (χ4n) is 3.35. The van der Waals surface area contributed by atoms with Gasteiger partial charge in [0, 0.05) is 40.3 Å². The van der Waals surface area contributed by atoms with E-state index in [0.717, 1.165) is 64.7 Å². The summed E-state index contributed by atoms with van der Waals surface area (Å²) >= 11 is 0. The zero-order valence-electron chi connectivity index (χ0n) is 18.3. The van der Waals surface area contributed by atoms with Crippen molar-refractivity contribution in [1.29, 1.82) is 0 Å². The first kappa shape index (κ1) is 24.1. The molecule has 2 aromatic rings. The van der Waals surface area contributed by atoms with Gasteiger partial charge in [0.1, 0.15) is 12.4 Å². The Balaban J connectivity index is 1.64. The molecule has 1 aliphatic heterocycles. The Hall–Kier alpha value is -2.53. The number of hydrogen-bond donors (Lipinski definition) is 1. The smallest absolute Gasteiger partial charge is 0.304 e. The van der Waals surface area contributed by atoms with Crippen LogP contribution in [0.2, 0.25) is 0 Å². The van der Waals surface area contributed by atoms with Crippen molar-refractivity contribution in [3.63, 3.8) is 0 Å². The predicted molar refractivity (Wildman–Crippen MR) is 121 cm³/mol. The molecule has 10 heteroatoms. The third-order valence-corrected chi connectivity index (χ3v) is 6.95. The van der Waals surface area contributed by atoms with E-state index in [9.17, 15) is 17.6 Å². The van der Waals surface area contributed by atoms with Crippen LogP contribution in [-0.4, -0.2) is 70.5 Å². The molecule has 3 rings (SSSR count). The minimum atomic E-state index is -3.94. The lowest BCUT2D eigenvalue weighted by molar-refractivity contribution is -0.119. The van der Waals surface area contributed by atoms with Crippen molar-refractivity contribution >= 4 is 21.8 Å². The maximum atomic E-state index is 13.3. The Morgan fingerprint density at radius 2 is 1.75 bits per heavy atom. The fraction of sp³-hybridized carbons (Fsp3) is 0.409. The van der Waals surface area contributed by atoms with Gasteiger partial charge in [-0.3, -0.25) is 9.69 Å². The van der Waals surface area contributed by atoms with E-state index in [1.54, 1.807) is 0 Å². The zero-order valence-corrected chi connectivity index (χ0v) is 19.1. The molecule has 1 amide bonds. The molecule has 1 heterocycles. The second-order valence-electron chi connectivity index (χ2n) is 7.76. The topological polar surface area (TPSA) is 82.2 Å². The number of hydrogen-bond acceptors (Lipinski definition) is 5. The number of carbonyl (C=O) groups is 1. The molecule has 0 saturated carbocycles. The number of benzene rings is 2. The fourth-order valence-corrected chi connectivity index (χ4v) is 4.42. The van der Waals surface area contributed by atoms with Crippen LogP contribution < -0.4 is 9.62 Å². The van der Waals surface area contributed by atoms with Crippen molar-refractivity contribution in [2.45, 2.75) is 13.1 Å². The summed E-state index contributed by atoms with van der Waals surface area (Å²) in [5.41, 5.74) is 2.28. The molecular weight excluding hydrogens is 435 g/mol. The highest BCUT2D eigenvalue weighted by molar-refractivity contribution is 7.90. The van der Waals surface area contributed by atoms with Crippen molar-refractivity contribution in [3.05, 3.63) is 65.5 Å². The molecule has 0 unspecified atom stereocenters. The third-order valence-electron chi connectivity index (χ3n) is 5.13. The molecule has 1 aliphatic rings. The number of amides is 1. The molecule has 0 spiro atoms. The molecule has 8 nitrogen and oxygen atoms in total. The highest BCUT2D eigenvalue weighted by Gasteiger charge is 2.27. The average molecular weight is 465 g/mol. The zero-order chi connectivity index (χ0) is 23.1. The van der Waals surface area contributed by atoms with Gasteiger partial charge in [-0.2, -0.15) is 12.7 Å². The Morgan fingerprint density at radius 1 is 1.09 bits per heavy atom. The van der Waals surface area contributed by atoms with Gasteiger partial charge in [-0.05, 0) is 35.4 Å². The predicted octanol–water partition coefficient (Wildman–Crippen LogP) is 1.59. The lowest BCUT2D eigenvalue weighted by Crippen LogP contribution is -2.45. The number of anilines is 1. The Kier molecular flexibility index (Phi) is 8.19. The standard InChI is InChI=1S/C22H29FN4O4S/c1-25(2)32(29,30)27(21-8-6-20(23)7-9-21)17-22(28)24-15-18-4-3-5-19(14-18)16-26-10-12-31-13-11-26/h3-9,14H,10-13,15-17H2,1-2H3,(H,24,28). The summed E-state index contributed by atoms with van der Waals surface area (Å²) in [5, 5.41) is 2.78. The minimum Gasteiger partial charge on any atom is -0.379 e. The molecule has 0 bridgehead atoms. The van der Waals surface area contributed by atoms with E-state index in [1.165, 1.54) is 26.2 Å². The van der Waals surface area contributed by atoms with Gasteiger partial charge < -0.3 is 10.1 Å². The second kappa shape index (κ2) is 10.9. The first-order valence-electron chi connectivity index (χ1n) is 10.4. The number of morpholine rings is 1. The van der Waals surface area contributed by atoms with Crippen LogP contribution in [0.15, 0.2) is 48.5 Å². The Labute approximate surface area is 188 Å². The van der Waals surface area contributed by atoms with Crippen molar-refractivity contribution in [3.8, 4) is 0 Å². The van der Waals surface area contributed by atoms with Gasteiger partial charge in [0.05, 0.1) is 18.9 Å². The van der Waals surface area contributed by atoms with Gasteiger partial charge in [0.15, 0.2) is 0 Å². The van der Waals surface area contributed by atoms with Crippen LogP contribution in [0.5, 0.6) is 0 Å². The first-order valence-corrected chi connectivity index (χ1v) is 11.8. The van der Waals surface area contributed by atoms with E-state index in [4.69, 9.17) is 4.74 Å². The molecule has 0 radical (unpaired) electrons. The second-order valence-corrected chi connectivity index (χ2v) is 9.83. The van der Waals surface area contributed by atoms with Crippen LogP contribution in [0.3, 0.4) is 0 Å². The SMILES string of the molecule is CN(C)S(=O)(=O)N(CC(=O)NCc1cccc(CN2CCOCC2)c1)c1ccc(F)cc1. The van der Waals surface area contributed by atoms with Crippen LogP contribution in [0, 0.1) is 5.82 Å². The van der Waals surface area contributed by atoms with Crippen molar-refractivity contribution in [2.75, 3.05) is 51.2 Å². The van der Waals surface area contributed by atoms with E-state index in [0.29, 0.717) is 0 Å². The number of halogens is 1. The summed E-state index contributed by atoms with van der Waals surface area (Å²) in [6.07, 6.45) is 0. The molecule has 2 aromatic carbocycles. The summed E-state index contributed by atoms with van der Waals surface area (Å²) in [5.74, 6) is -0.948.